The van der Waals surface area contributed by atoms with Crippen molar-refractivity contribution in [2.24, 2.45) is 0 Å². The Balaban J connectivity index is 2.44. The van der Waals surface area contributed by atoms with Gasteiger partial charge in [0.25, 0.3) is 5.70 Å². The number of allylic oxidation sites excluding steroid dienone is 1. The maximum atomic E-state index is 12.2. The first-order chi connectivity index (χ1) is 8.79. The van der Waals surface area contributed by atoms with E-state index in [1.54, 1.807) is 37.6 Å². The monoisotopic (exact) mass is 261 g/mol. The van der Waals surface area contributed by atoms with E-state index in [-0.39, 0.29) is 17.4 Å². The lowest BCUT2D eigenvalue weighted by Gasteiger charge is -2.26. The molecule has 0 saturated heterocycles. The molecule has 2 rings (SSSR count). The van der Waals surface area contributed by atoms with Gasteiger partial charge in [-0.25, -0.2) is 4.79 Å². The molecule has 4 nitrogen and oxygen atoms in total. The zero-order valence-corrected chi connectivity index (χ0v) is 11.8. The van der Waals surface area contributed by atoms with Crippen molar-refractivity contribution in [1.29, 1.82) is 0 Å². The van der Waals surface area contributed by atoms with Gasteiger partial charge in [-0.1, -0.05) is 13.0 Å². The summed E-state index contributed by atoms with van der Waals surface area (Å²) in [6, 6.07) is 5.64. The third kappa shape index (κ3) is 2.78. The van der Waals surface area contributed by atoms with Gasteiger partial charge in [0.2, 0.25) is 0 Å². The Morgan fingerprint density at radius 1 is 1.42 bits per heavy atom. The summed E-state index contributed by atoms with van der Waals surface area (Å²) in [7, 11) is 0. The maximum absolute atomic E-state index is 12.2. The molecular formula is C15H19NO3. The number of nitrogens with zero attached hydrogens (tertiary/aromatic N) is 1. The second-order valence-electron chi connectivity index (χ2n) is 5.87. The van der Waals surface area contributed by atoms with Crippen LogP contribution in [0.5, 0.6) is 0 Å². The summed E-state index contributed by atoms with van der Waals surface area (Å²) in [6.45, 7) is 7.35. The molecule has 1 aliphatic rings. The summed E-state index contributed by atoms with van der Waals surface area (Å²) in [5.74, 6) is -0.604. The molecule has 0 N–H and O–H groups in total. The van der Waals surface area contributed by atoms with Gasteiger partial charge in [0.1, 0.15) is 5.60 Å². The van der Waals surface area contributed by atoms with Gasteiger partial charge >= 0.3 is 5.97 Å². The molecule has 1 aliphatic heterocycles. The van der Waals surface area contributed by atoms with E-state index in [0.29, 0.717) is 6.42 Å². The standard InChI is InChI=1S/C15H19NO3/c1-10-9-12(17)13(14(18)19-15(2,3)4)16-8-6-5-7-11(10)16/h5-8,10H,9H2,1-4H3. The number of hydrogen-bond acceptors (Lipinski definition) is 3. The number of pyridine rings is 1. The van der Waals surface area contributed by atoms with E-state index in [1.807, 2.05) is 19.1 Å². The molecule has 0 amide bonds. The van der Waals surface area contributed by atoms with Gasteiger partial charge in [0.15, 0.2) is 11.9 Å². The van der Waals surface area contributed by atoms with E-state index in [9.17, 15) is 9.90 Å². The van der Waals surface area contributed by atoms with Crippen molar-refractivity contribution in [1.82, 2.24) is 0 Å². The van der Waals surface area contributed by atoms with Crippen molar-refractivity contribution in [3.8, 4) is 0 Å². The Kier molecular flexibility index (Phi) is 3.35. The molecule has 1 unspecified atom stereocenters. The van der Waals surface area contributed by atoms with Gasteiger partial charge in [0, 0.05) is 18.1 Å². The van der Waals surface area contributed by atoms with Crippen LogP contribution in [0.1, 0.15) is 45.7 Å². The Morgan fingerprint density at radius 3 is 2.74 bits per heavy atom. The summed E-state index contributed by atoms with van der Waals surface area (Å²) in [5.41, 5.74) is 0.467. The smallest absolute Gasteiger partial charge is 0.403 e. The van der Waals surface area contributed by atoms with E-state index in [4.69, 9.17) is 4.74 Å². The van der Waals surface area contributed by atoms with Crippen LogP contribution in [-0.4, -0.2) is 11.6 Å². The second kappa shape index (κ2) is 4.68. The molecule has 1 aromatic heterocycles. The number of ether oxygens (including phenoxy) is 1. The minimum absolute atomic E-state index is 0.111. The summed E-state index contributed by atoms with van der Waals surface area (Å²) >= 11 is 0. The van der Waals surface area contributed by atoms with Gasteiger partial charge in [-0.05, 0) is 33.0 Å². The molecular weight excluding hydrogens is 242 g/mol. The fourth-order valence-corrected chi connectivity index (χ4v) is 2.21. The molecule has 0 aromatic carbocycles. The molecule has 0 aliphatic carbocycles. The second-order valence-corrected chi connectivity index (χ2v) is 5.87. The average molecular weight is 261 g/mol. The molecule has 4 heteroatoms. The number of aromatic nitrogens is 1. The van der Waals surface area contributed by atoms with E-state index in [0.717, 1.165) is 5.69 Å². The lowest BCUT2D eigenvalue weighted by Crippen LogP contribution is -2.47. The van der Waals surface area contributed by atoms with E-state index < -0.39 is 11.6 Å². The highest BCUT2D eigenvalue weighted by Crippen LogP contribution is 2.26. The summed E-state index contributed by atoms with van der Waals surface area (Å²) in [6.07, 6.45) is 2.08. The van der Waals surface area contributed by atoms with E-state index >= 15 is 0 Å². The third-order valence-electron chi connectivity index (χ3n) is 2.99. The fraction of sp³-hybridized carbons (Fsp3) is 0.467. The largest absolute Gasteiger partial charge is 0.871 e. The van der Waals surface area contributed by atoms with E-state index in [1.165, 1.54) is 0 Å². The third-order valence-corrected chi connectivity index (χ3v) is 2.99. The molecule has 0 bridgehead atoms. The topological polar surface area (TPSA) is 53.2 Å². The fourth-order valence-electron chi connectivity index (χ4n) is 2.21. The predicted molar refractivity (Wildman–Crippen MR) is 68.7 cm³/mol. The van der Waals surface area contributed by atoms with Crippen LogP contribution in [-0.2, 0) is 9.53 Å². The molecule has 0 saturated carbocycles. The van der Waals surface area contributed by atoms with Gasteiger partial charge in [-0.2, -0.15) is 4.57 Å². The van der Waals surface area contributed by atoms with Crippen LogP contribution in [0.2, 0.25) is 0 Å². The molecule has 1 aromatic rings. The van der Waals surface area contributed by atoms with Crippen LogP contribution in [0, 0.1) is 0 Å². The van der Waals surface area contributed by atoms with Crippen molar-refractivity contribution < 1.29 is 19.2 Å². The van der Waals surface area contributed by atoms with Crippen molar-refractivity contribution in [3.63, 3.8) is 0 Å². The first kappa shape index (κ1) is 13.6. The van der Waals surface area contributed by atoms with Crippen molar-refractivity contribution in [2.75, 3.05) is 0 Å². The minimum atomic E-state index is -0.608. The maximum Gasteiger partial charge on any atom is 0.403 e. The molecule has 19 heavy (non-hydrogen) atoms. The molecule has 0 radical (unpaired) electrons. The lowest BCUT2D eigenvalue weighted by molar-refractivity contribution is -0.598. The average Bonchev–Trinajstić information content (AvgIpc) is 2.26. The highest BCUT2D eigenvalue weighted by atomic mass is 16.6. The zero-order chi connectivity index (χ0) is 14.2. The number of hydrogen-bond donors (Lipinski definition) is 0. The minimum Gasteiger partial charge on any atom is -0.871 e. The SMILES string of the molecule is CC1CC([O-])=C(C(=O)OC(C)(C)C)[n+]2ccccc21. The number of carbonyl (C=O) groups is 1. The van der Waals surface area contributed by atoms with Crippen molar-refractivity contribution in [2.45, 2.75) is 45.6 Å². The normalized spacial score (nSPS) is 19.1. The number of rotatable bonds is 1. The molecule has 0 fully saturated rings. The van der Waals surface area contributed by atoms with Gasteiger partial charge in [-0.3, -0.25) is 0 Å². The van der Waals surface area contributed by atoms with Crippen molar-refractivity contribution >= 4 is 11.7 Å². The zero-order valence-electron chi connectivity index (χ0n) is 11.8. The van der Waals surface area contributed by atoms with Gasteiger partial charge < -0.3 is 9.84 Å². The summed E-state index contributed by atoms with van der Waals surface area (Å²) < 4.78 is 6.98. The van der Waals surface area contributed by atoms with Crippen LogP contribution in [0.3, 0.4) is 0 Å². The highest BCUT2D eigenvalue weighted by Gasteiger charge is 2.34. The van der Waals surface area contributed by atoms with Crippen LogP contribution in [0.15, 0.2) is 30.2 Å². The van der Waals surface area contributed by atoms with Gasteiger partial charge in [0.05, 0.1) is 0 Å². The first-order valence-electron chi connectivity index (χ1n) is 6.44. The van der Waals surface area contributed by atoms with Gasteiger partial charge in [-0.15, -0.1) is 0 Å². The summed E-state index contributed by atoms with van der Waals surface area (Å²) in [5, 5.41) is 12.1. The quantitative estimate of drug-likeness (QED) is 0.566. The molecule has 0 spiro atoms. The first-order valence-corrected chi connectivity index (χ1v) is 6.44. The molecule has 2 heterocycles. The van der Waals surface area contributed by atoms with E-state index in [2.05, 4.69) is 0 Å². The molecule has 102 valence electrons. The van der Waals surface area contributed by atoms with Crippen LogP contribution < -0.4 is 9.67 Å². The molecule has 1 atom stereocenters. The number of fused-ring (bicyclic) bond motifs is 1. The Bertz CT molecular complexity index is 541. The predicted octanol–water partition coefficient (Wildman–Crippen LogP) is 1.35. The lowest BCUT2D eigenvalue weighted by atomic mass is 9.96. The van der Waals surface area contributed by atoms with Crippen LogP contribution in [0.4, 0.5) is 0 Å². The highest BCUT2D eigenvalue weighted by molar-refractivity contribution is 6.06. The Morgan fingerprint density at radius 2 is 2.11 bits per heavy atom. The summed E-state index contributed by atoms with van der Waals surface area (Å²) in [4.78, 5) is 12.2. The Hall–Kier alpha value is -1.84. The van der Waals surface area contributed by atoms with Crippen LogP contribution >= 0.6 is 0 Å². The van der Waals surface area contributed by atoms with Crippen molar-refractivity contribution in [3.05, 3.63) is 35.8 Å². The van der Waals surface area contributed by atoms with Crippen LogP contribution in [0.25, 0.3) is 5.70 Å². The number of esters is 1. The Labute approximate surface area is 113 Å². The number of carbonyl (C=O) groups excluding carboxylic acids is 1.